The number of aromatic hydroxyl groups is 2. The minimum absolute atomic E-state index is 0.299. The Morgan fingerprint density at radius 1 is 0.625 bits per heavy atom. The molecule has 1 aliphatic carbocycles. The van der Waals surface area contributed by atoms with Gasteiger partial charge in [0.15, 0.2) is 0 Å². The van der Waals surface area contributed by atoms with Crippen LogP contribution in [0.15, 0.2) is 86.0 Å². The molecule has 0 saturated carbocycles. The van der Waals surface area contributed by atoms with E-state index in [0.717, 1.165) is 46.2 Å². The quantitative estimate of drug-likeness (QED) is 0.327. The minimum atomic E-state index is 0.299. The third kappa shape index (κ3) is 3.29. The van der Waals surface area contributed by atoms with Crippen LogP contribution in [0.4, 0.5) is 0 Å². The predicted molar refractivity (Wildman–Crippen MR) is 133 cm³/mol. The van der Waals surface area contributed by atoms with Crippen LogP contribution < -0.4 is 0 Å². The molecule has 2 heteroatoms. The molecule has 0 aliphatic heterocycles. The van der Waals surface area contributed by atoms with Crippen molar-refractivity contribution in [2.24, 2.45) is 0 Å². The molecule has 4 aromatic rings. The van der Waals surface area contributed by atoms with Crippen LogP contribution in [0, 0.1) is 0 Å². The highest BCUT2D eigenvalue weighted by Crippen LogP contribution is 2.43. The Morgan fingerprint density at radius 2 is 1.09 bits per heavy atom. The van der Waals surface area contributed by atoms with Gasteiger partial charge >= 0.3 is 0 Å². The number of rotatable bonds is 6. The van der Waals surface area contributed by atoms with Crippen LogP contribution in [0.2, 0.25) is 0 Å². The van der Waals surface area contributed by atoms with Crippen LogP contribution in [0.1, 0.15) is 22.3 Å². The van der Waals surface area contributed by atoms with Gasteiger partial charge in [0.25, 0.3) is 0 Å². The molecule has 0 unspecified atom stereocenters. The normalized spacial score (nSPS) is 12.2. The molecule has 0 heterocycles. The minimum Gasteiger partial charge on any atom is -0.508 e. The topological polar surface area (TPSA) is 40.5 Å². The van der Waals surface area contributed by atoms with Crippen molar-refractivity contribution >= 4 is 10.8 Å². The number of phenols is 2. The summed E-state index contributed by atoms with van der Waals surface area (Å²) in [6.07, 6.45) is 6.99. The van der Waals surface area contributed by atoms with E-state index in [0.29, 0.717) is 24.3 Å². The number of benzene rings is 4. The van der Waals surface area contributed by atoms with E-state index < -0.39 is 0 Å². The van der Waals surface area contributed by atoms with Gasteiger partial charge in [-0.3, -0.25) is 0 Å². The van der Waals surface area contributed by atoms with E-state index >= 15 is 0 Å². The summed E-state index contributed by atoms with van der Waals surface area (Å²) in [6.45, 7) is 7.65. The zero-order valence-corrected chi connectivity index (χ0v) is 18.1. The van der Waals surface area contributed by atoms with E-state index in [4.69, 9.17) is 0 Å². The highest BCUT2D eigenvalue weighted by Gasteiger charge is 2.21. The lowest BCUT2D eigenvalue weighted by molar-refractivity contribution is 0.469. The van der Waals surface area contributed by atoms with Gasteiger partial charge in [0.2, 0.25) is 0 Å². The second-order valence-corrected chi connectivity index (χ2v) is 8.47. The summed E-state index contributed by atoms with van der Waals surface area (Å²) >= 11 is 0. The smallest absolute Gasteiger partial charge is 0.119 e. The molecule has 0 atom stereocenters. The standard InChI is InChI=1S/C30H26O2/c1-3-5-23-17-21(11-15-27(23)31)25-13-9-19-7-8-20-10-14-26(30(25)29(19)20)22-12-16-28(32)24(18-22)6-4-2/h3-4,9-18,31-32H,1-2,5-8H2. The average Bonchev–Trinajstić information content (AvgIpc) is 3.22. The van der Waals surface area contributed by atoms with E-state index in [-0.39, 0.29) is 0 Å². The molecule has 2 nitrogen and oxygen atoms in total. The van der Waals surface area contributed by atoms with Crippen LogP contribution in [0.5, 0.6) is 11.5 Å². The zero-order chi connectivity index (χ0) is 22.2. The summed E-state index contributed by atoms with van der Waals surface area (Å²) in [5.41, 5.74) is 9.01. The maximum atomic E-state index is 10.3. The molecule has 0 fully saturated rings. The fourth-order valence-corrected chi connectivity index (χ4v) is 4.95. The van der Waals surface area contributed by atoms with E-state index in [1.165, 1.54) is 21.9 Å². The molecular formula is C30H26O2. The molecule has 4 aromatic carbocycles. The highest BCUT2D eigenvalue weighted by atomic mass is 16.3. The number of phenolic OH excluding ortho intramolecular Hbond substituents is 2. The third-order valence-electron chi connectivity index (χ3n) is 6.51. The molecule has 158 valence electrons. The first-order valence-corrected chi connectivity index (χ1v) is 11.0. The summed E-state index contributed by atoms with van der Waals surface area (Å²) in [4.78, 5) is 0. The first-order valence-electron chi connectivity index (χ1n) is 11.0. The summed E-state index contributed by atoms with van der Waals surface area (Å²) in [5.74, 6) is 0.597. The predicted octanol–water partition coefficient (Wildman–Crippen LogP) is 7.14. The van der Waals surface area contributed by atoms with Crippen molar-refractivity contribution in [3.05, 3.63) is 108 Å². The molecule has 0 bridgehead atoms. The molecular weight excluding hydrogens is 392 g/mol. The molecule has 0 aromatic heterocycles. The van der Waals surface area contributed by atoms with Crippen LogP contribution in [-0.4, -0.2) is 10.2 Å². The van der Waals surface area contributed by atoms with Crippen molar-refractivity contribution < 1.29 is 10.2 Å². The maximum Gasteiger partial charge on any atom is 0.119 e. The van der Waals surface area contributed by atoms with Gasteiger partial charge in [0.1, 0.15) is 11.5 Å². The van der Waals surface area contributed by atoms with Gasteiger partial charge in [-0.2, -0.15) is 0 Å². The number of allylic oxidation sites excluding steroid dienone is 2. The largest absolute Gasteiger partial charge is 0.508 e. The van der Waals surface area contributed by atoms with Crippen LogP contribution >= 0.6 is 0 Å². The molecule has 1 aliphatic rings. The lowest BCUT2D eigenvalue weighted by atomic mass is 9.88. The van der Waals surface area contributed by atoms with Gasteiger partial charge in [0, 0.05) is 0 Å². The first-order chi connectivity index (χ1) is 15.6. The molecule has 0 amide bonds. The van der Waals surface area contributed by atoms with Crippen molar-refractivity contribution in [2.45, 2.75) is 25.7 Å². The lowest BCUT2D eigenvalue weighted by Crippen LogP contribution is -1.92. The van der Waals surface area contributed by atoms with Crippen LogP contribution in [0.25, 0.3) is 33.0 Å². The zero-order valence-electron chi connectivity index (χ0n) is 18.1. The monoisotopic (exact) mass is 418 g/mol. The van der Waals surface area contributed by atoms with Gasteiger partial charge < -0.3 is 10.2 Å². The van der Waals surface area contributed by atoms with Crippen molar-refractivity contribution in [2.75, 3.05) is 0 Å². The fraction of sp³-hybridized carbons (Fsp3) is 0.133. The second kappa shape index (κ2) is 8.05. The Bertz CT molecular complexity index is 1280. The second-order valence-electron chi connectivity index (χ2n) is 8.47. The van der Waals surface area contributed by atoms with Crippen molar-refractivity contribution in [1.82, 2.24) is 0 Å². The van der Waals surface area contributed by atoms with Crippen molar-refractivity contribution in [3.63, 3.8) is 0 Å². The molecule has 0 saturated heterocycles. The van der Waals surface area contributed by atoms with Crippen LogP contribution in [-0.2, 0) is 25.7 Å². The number of hydrogen-bond donors (Lipinski definition) is 2. The van der Waals surface area contributed by atoms with Gasteiger partial charge in [-0.05, 0) is 105 Å². The Labute approximate surface area is 188 Å². The Morgan fingerprint density at radius 3 is 1.53 bits per heavy atom. The fourth-order valence-electron chi connectivity index (χ4n) is 4.95. The van der Waals surface area contributed by atoms with Gasteiger partial charge in [-0.25, -0.2) is 0 Å². The molecule has 0 spiro atoms. The Hall–Kier alpha value is -3.78. The lowest BCUT2D eigenvalue weighted by Gasteiger charge is -2.16. The van der Waals surface area contributed by atoms with E-state index in [9.17, 15) is 10.2 Å². The van der Waals surface area contributed by atoms with Crippen molar-refractivity contribution in [1.29, 1.82) is 0 Å². The molecule has 5 rings (SSSR count). The Balaban J connectivity index is 1.80. The number of hydrogen-bond acceptors (Lipinski definition) is 2. The van der Waals surface area contributed by atoms with Crippen molar-refractivity contribution in [3.8, 4) is 33.8 Å². The summed E-state index contributed by atoms with van der Waals surface area (Å²) in [6, 6.07) is 20.6. The summed E-state index contributed by atoms with van der Waals surface area (Å²) in [5, 5.41) is 23.2. The summed E-state index contributed by atoms with van der Waals surface area (Å²) < 4.78 is 0. The van der Waals surface area contributed by atoms with Gasteiger partial charge in [0.05, 0.1) is 0 Å². The van der Waals surface area contributed by atoms with Gasteiger partial charge in [-0.1, -0.05) is 48.6 Å². The van der Waals surface area contributed by atoms with E-state index in [1.807, 2.05) is 24.3 Å². The third-order valence-corrected chi connectivity index (χ3v) is 6.51. The van der Waals surface area contributed by atoms with E-state index in [1.54, 1.807) is 12.1 Å². The number of aryl methyl sites for hydroxylation is 2. The Kier molecular flexibility index (Phi) is 5.07. The van der Waals surface area contributed by atoms with Gasteiger partial charge in [-0.15, -0.1) is 13.2 Å². The van der Waals surface area contributed by atoms with Crippen LogP contribution in [0.3, 0.4) is 0 Å². The SMILES string of the molecule is C=CCc1cc(-c2ccc3c4c(ccc(-c5ccc(O)c(CC=C)c5)c24)CC3)ccc1O. The first kappa shape index (κ1) is 20.1. The summed E-state index contributed by atoms with van der Waals surface area (Å²) in [7, 11) is 0. The molecule has 2 N–H and O–H groups in total. The average molecular weight is 419 g/mol. The molecule has 32 heavy (non-hydrogen) atoms. The molecule has 0 radical (unpaired) electrons. The maximum absolute atomic E-state index is 10.3. The highest BCUT2D eigenvalue weighted by molar-refractivity contribution is 6.10. The van der Waals surface area contributed by atoms with E-state index in [2.05, 4.69) is 49.6 Å².